The average Bonchev–Trinajstić information content (AvgIpc) is 3.10. The summed E-state index contributed by atoms with van der Waals surface area (Å²) in [5.41, 5.74) is 3.95. The Kier molecular flexibility index (Phi) is 4.01. The largest absolute Gasteiger partial charge is 0.346 e. The zero-order valence-corrected chi connectivity index (χ0v) is 13.6. The van der Waals surface area contributed by atoms with E-state index in [4.69, 9.17) is 0 Å². The van der Waals surface area contributed by atoms with Gasteiger partial charge in [-0.15, -0.1) is 11.8 Å². The van der Waals surface area contributed by atoms with Crippen molar-refractivity contribution in [2.75, 3.05) is 0 Å². The minimum absolute atomic E-state index is 0.216. The van der Waals surface area contributed by atoms with E-state index in [1.165, 1.54) is 11.6 Å². The van der Waals surface area contributed by atoms with Crippen LogP contribution in [0.4, 0.5) is 4.39 Å². The highest BCUT2D eigenvalue weighted by molar-refractivity contribution is 7.98. The summed E-state index contributed by atoms with van der Waals surface area (Å²) in [5.74, 6) is 0.604. The van der Waals surface area contributed by atoms with Gasteiger partial charge in [-0.25, -0.2) is 14.4 Å². The van der Waals surface area contributed by atoms with Crippen LogP contribution in [0, 0.1) is 5.82 Å². The van der Waals surface area contributed by atoms with E-state index in [-0.39, 0.29) is 5.82 Å². The first kappa shape index (κ1) is 14.9. The molecule has 0 aliphatic carbocycles. The predicted molar refractivity (Wildman–Crippen MR) is 95.3 cm³/mol. The number of nitrogens with one attached hydrogen (secondary N) is 1. The molecule has 0 spiro atoms. The molecule has 0 saturated heterocycles. The van der Waals surface area contributed by atoms with Gasteiger partial charge in [0.25, 0.3) is 0 Å². The number of hydrogen-bond donors (Lipinski definition) is 1. The van der Waals surface area contributed by atoms with Crippen molar-refractivity contribution in [1.82, 2.24) is 15.0 Å². The maximum Gasteiger partial charge on any atom is 0.141 e. The van der Waals surface area contributed by atoms with Crippen molar-refractivity contribution < 1.29 is 4.39 Å². The molecule has 1 N–H and O–H groups in total. The molecule has 0 aliphatic heterocycles. The highest BCUT2D eigenvalue weighted by atomic mass is 32.2. The van der Waals surface area contributed by atoms with Crippen LogP contribution >= 0.6 is 11.8 Å². The van der Waals surface area contributed by atoms with Crippen LogP contribution in [0.15, 0.2) is 72.1 Å². The maximum atomic E-state index is 13.3. The number of hydrogen-bond acceptors (Lipinski definition) is 3. The summed E-state index contributed by atoms with van der Waals surface area (Å²) in [6, 6.07) is 16.8. The van der Waals surface area contributed by atoms with E-state index in [2.05, 4.69) is 27.1 Å². The Hall–Kier alpha value is -2.66. The zero-order valence-electron chi connectivity index (χ0n) is 12.7. The Morgan fingerprint density at radius 3 is 2.67 bits per heavy atom. The topological polar surface area (TPSA) is 41.6 Å². The standard InChI is InChI=1S/C19H14FN3S/c20-16-3-1-2-15(10-16)14-6-4-13(5-7-14)11-24-19-17-8-9-21-18(17)22-12-23-19/h1-10,12H,11H2,(H,21,22,23). The summed E-state index contributed by atoms with van der Waals surface area (Å²) < 4.78 is 13.3. The lowest BCUT2D eigenvalue weighted by atomic mass is 10.0. The molecule has 2 heterocycles. The molecule has 24 heavy (non-hydrogen) atoms. The molecule has 2 aromatic heterocycles. The summed E-state index contributed by atoms with van der Waals surface area (Å²) in [6.07, 6.45) is 3.45. The molecule has 0 fully saturated rings. The third kappa shape index (κ3) is 3.03. The molecule has 118 valence electrons. The van der Waals surface area contributed by atoms with Gasteiger partial charge < -0.3 is 4.98 Å². The Morgan fingerprint density at radius 1 is 0.958 bits per heavy atom. The smallest absolute Gasteiger partial charge is 0.141 e. The molecule has 0 amide bonds. The van der Waals surface area contributed by atoms with Crippen molar-refractivity contribution in [3.05, 3.63) is 78.5 Å². The average molecular weight is 335 g/mol. The molecule has 0 saturated carbocycles. The Labute approximate surface area is 143 Å². The van der Waals surface area contributed by atoms with Crippen LogP contribution in [0.5, 0.6) is 0 Å². The normalized spacial score (nSPS) is 11.0. The molecule has 4 aromatic rings. The number of aromatic amines is 1. The highest BCUT2D eigenvalue weighted by Gasteiger charge is 2.06. The van der Waals surface area contributed by atoms with Gasteiger partial charge in [0.2, 0.25) is 0 Å². The van der Waals surface area contributed by atoms with Crippen molar-refractivity contribution in [2.24, 2.45) is 0 Å². The van der Waals surface area contributed by atoms with Gasteiger partial charge in [0.05, 0.1) is 5.39 Å². The molecule has 4 rings (SSSR count). The third-order valence-corrected chi connectivity index (χ3v) is 4.88. The van der Waals surface area contributed by atoms with Crippen LogP contribution in [-0.4, -0.2) is 15.0 Å². The van der Waals surface area contributed by atoms with Gasteiger partial charge >= 0.3 is 0 Å². The summed E-state index contributed by atoms with van der Waals surface area (Å²) in [6.45, 7) is 0. The second-order valence-corrected chi connectivity index (χ2v) is 6.38. The molecule has 0 unspecified atom stereocenters. The Morgan fingerprint density at radius 2 is 1.83 bits per heavy atom. The third-order valence-electron chi connectivity index (χ3n) is 3.80. The molecule has 0 aliphatic rings. The van der Waals surface area contributed by atoms with Gasteiger partial charge in [-0.1, -0.05) is 36.4 Å². The lowest BCUT2D eigenvalue weighted by molar-refractivity contribution is 0.628. The van der Waals surface area contributed by atoms with E-state index in [1.54, 1.807) is 30.2 Å². The molecular weight excluding hydrogens is 321 g/mol. The van der Waals surface area contributed by atoms with E-state index in [0.29, 0.717) is 0 Å². The molecular formula is C19H14FN3S. The first-order valence-corrected chi connectivity index (χ1v) is 8.54. The van der Waals surface area contributed by atoms with Crippen molar-refractivity contribution in [3.8, 4) is 11.1 Å². The summed E-state index contributed by atoms with van der Waals surface area (Å²) in [5, 5.41) is 2.01. The summed E-state index contributed by atoms with van der Waals surface area (Å²) >= 11 is 1.68. The van der Waals surface area contributed by atoms with Crippen molar-refractivity contribution in [3.63, 3.8) is 0 Å². The fraction of sp³-hybridized carbons (Fsp3) is 0.0526. The molecule has 2 aromatic carbocycles. The van der Waals surface area contributed by atoms with Crippen LogP contribution in [0.2, 0.25) is 0 Å². The lowest BCUT2D eigenvalue weighted by Gasteiger charge is -2.05. The SMILES string of the molecule is Fc1cccc(-c2ccc(CSc3ncnc4[nH]ccc34)cc2)c1. The first-order valence-electron chi connectivity index (χ1n) is 7.55. The van der Waals surface area contributed by atoms with Gasteiger partial charge in [0, 0.05) is 11.9 Å². The second-order valence-electron chi connectivity index (χ2n) is 5.41. The van der Waals surface area contributed by atoms with Gasteiger partial charge in [-0.2, -0.15) is 0 Å². The number of halogens is 1. The van der Waals surface area contributed by atoms with Crippen molar-refractivity contribution in [2.45, 2.75) is 10.8 Å². The van der Waals surface area contributed by atoms with Gasteiger partial charge in [0.1, 0.15) is 22.8 Å². The van der Waals surface area contributed by atoms with E-state index in [9.17, 15) is 4.39 Å². The van der Waals surface area contributed by atoms with Crippen LogP contribution in [-0.2, 0) is 5.75 Å². The Balaban J connectivity index is 1.51. The summed E-state index contributed by atoms with van der Waals surface area (Å²) in [7, 11) is 0. The minimum Gasteiger partial charge on any atom is -0.346 e. The number of thioether (sulfide) groups is 1. The van der Waals surface area contributed by atoms with Gasteiger partial charge in [-0.3, -0.25) is 0 Å². The zero-order chi connectivity index (χ0) is 16.4. The van der Waals surface area contributed by atoms with E-state index < -0.39 is 0 Å². The molecule has 3 nitrogen and oxygen atoms in total. The molecule has 0 radical (unpaired) electrons. The van der Waals surface area contributed by atoms with Gasteiger partial charge in [-0.05, 0) is 34.9 Å². The fourth-order valence-corrected chi connectivity index (χ4v) is 3.51. The van der Waals surface area contributed by atoms with Crippen molar-refractivity contribution in [1.29, 1.82) is 0 Å². The molecule has 5 heteroatoms. The number of nitrogens with zero attached hydrogens (tertiary/aromatic N) is 2. The van der Waals surface area contributed by atoms with Crippen LogP contribution < -0.4 is 0 Å². The highest BCUT2D eigenvalue weighted by Crippen LogP contribution is 2.28. The summed E-state index contributed by atoms with van der Waals surface area (Å²) in [4.78, 5) is 11.7. The van der Waals surface area contributed by atoms with E-state index in [1.807, 2.05) is 30.5 Å². The number of benzene rings is 2. The number of rotatable bonds is 4. The quantitative estimate of drug-likeness (QED) is 0.419. The predicted octanol–water partition coefficient (Wildman–Crippen LogP) is 5.06. The monoisotopic (exact) mass is 335 g/mol. The fourth-order valence-electron chi connectivity index (χ4n) is 2.58. The number of H-pyrrole nitrogens is 1. The van der Waals surface area contributed by atoms with Crippen LogP contribution in [0.25, 0.3) is 22.2 Å². The van der Waals surface area contributed by atoms with E-state index >= 15 is 0 Å². The first-order chi connectivity index (χ1) is 11.8. The number of fused-ring (bicyclic) bond motifs is 1. The van der Waals surface area contributed by atoms with E-state index in [0.717, 1.165) is 32.9 Å². The Bertz CT molecular complexity index is 979. The van der Waals surface area contributed by atoms with Gasteiger partial charge in [0.15, 0.2) is 0 Å². The lowest BCUT2D eigenvalue weighted by Crippen LogP contribution is -1.87. The molecule has 0 atom stereocenters. The molecule has 0 bridgehead atoms. The maximum absolute atomic E-state index is 13.3. The second kappa shape index (κ2) is 6.45. The minimum atomic E-state index is -0.216. The van der Waals surface area contributed by atoms with Crippen LogP contribution in [0.1, 0.15) is 5.56 Å². The van der Waals surface area contributed by atoms with Crippen molar-refractivity contribution >= 4 is 22.8 Å². The van der Waals surface area contributed by atoms with Crippen LogP contribution in [0.3, 0.4) is 0 Å². The number of aromatic nitrogens is 3.